The summed E-state index contributed by atoms with van der Waals surface area (Å²) in [6.45, 7) is 2.40. The number of carboxylic acids is 1. The number of carboxylic acid groups (broad SMARTS) is 1. The number of carbonyl (C=O) groups excluding carboxylic acids is 1. The predicted molar refractivity (Wildman–Crippen MR) is 41.3 cm³/mol. The van der Waals surface area contributed by atoms with Crippen LogP contribution >= 0.6 is 7.82 Å². The second-order valence-corrected chi connectivity index (χ2v) is 2.26. The molecule has 0 saturated heterocycles. The molecule has 0 aromatic carbocycles. The Morgan fingerprint density at radius 2 is 1.43 bits per heavy atom. The normalized spacial score (nSPS) is 6.57. The van der Waals surface area contributed by atoms with Gasteiger partial charge >= 0.3 is 59.2 Å². The molecule has 6 N–H and O–H groups in total. The maximum Gasteiger partial charge on any atom is 1.00 e. The summed E-state index contributed by atoms with van der Waals surface area (Å²) < 4.78 is 8.88. The first-order valence-electron chi connectivity index (χ1n) is 2.41. The number of nitrogens with zero attached hydrogens (tertiary/aromatic N) is 1. The molecule has 0 aliphatic carbocycles. The fourth-order valence-electron chi connectivity index (χ4n) is 0. The Hall–Kier alpha value is 0.666. The molecule has 8 nitrogen and oxygen atoms in total. The fraction of sp³-hybridized carbons (Fsp3) is 0.500. The number of aliphatic carboxylic acids is 1. The Morgan fingerprint density at radius 3 is 1.43 bits per heavy atom. The molecule has 0 saturated carbocycles. The molecule has 0 radical (unpaired) electrons. The van der Waals surface area contributed by atoms with Gasteiger partial charge in [0.1, 0.15) is 0 Å². The first-order chi connectivity index (χ1) is 5.15. The number of hydrogen-bond acceptors (Lipinski definition) is 5. The summed E-state index contributed by atoms with van der Waals surface area (Å²) in [7, 11) is -4.64. The monoisotopic (exact) mass is 254 g/mol. The molecule has 10 heteroatoms. The SMILES string of the molecule is CC#N.CC(=O)[O-].N.O=P(O)(O)O.[K+]. The van der Waals surface area contributed by atoms with E-state index in [0.29, 0.717) is 0 Å². The first kappa shape index (κ1) is 29.3. The smallest absolute Gasteiger partial charge is 0.550 e. The maximum atomic E-state index is 8.89. The van der Waals surface area contributed by atoms with Crippen molar-refractivity contribution in [3.63, 3.8) is 0 Å². The Balaban J connectivity index is -0.0000000278. The molecular formula is C4H12KN2O6P. The number of rotatable bonds is 0. The van der Waals surface area contributed by atoms with Crippen LogP contribution < -0.4 is 62.6 Å². The molecule has 0 aliphatic rings. The second-order valence-electron chi connectivity index (χ2n) is 1.23. The van der Waals surface area contributed by atoms with Crippen molar-refractivity contribution >= 4 is 13.8 Å². The van der Waals surface area contributed by atoms with Crippen molar-refractivity contribution in [2.24, 2.45) is 0 Å². The van der Waals surface area contributed by atoms with Crippen molar-refractivity contribution in [1.29, 1.82) is 5.26 Å². The van der Waals surface area contributed by atoms with Crippen LogP contribution in [-0.2, 0) is 9.36 Å². The van der Waals surface area contributed by atoms with E-state index < -0.39 is 13.8 Å². The van der Waals surface area contributed by atoms with Gasteiger partial charge in [-0.25, -0.2) is 4.57 Å². The summed E-state index contributed by atoms with van der Waals surface area (Å²) in [6.07, 6.45) is 0. The van der Waals surface area contributed by atoms with Crippen LogP contribution in [0.1, 0.15) is 13.8 Å². The van der Waals surface area contributed by atoms with Crippen LogP contribution in [0.2, 0.25) is 0 Å². The summed E-state index contributed by atoms with van der Waals surface area (Å²) in [4.78, 5) is 30.5. The van der Waals surface area contributed by atoms with Crippen LogP contribution in [0, 0.1) is 11.3 Å². The van der Waals surface area contributed by atoms with E-state index in [0.717, 1.165) is 6.92 Å². The van der Waals surface area contributed by atoms with E-state index in [4.69, 9.17) is 34.4 Å². The Morgan fingerprint density at radius 1 is 1.43 bits per heavy atom. The third kappa shape index (κ3) is 3880. The molecule has 0 aliphatic heterocycles. The van der Waals surface area contributed by atoms with Crippen molar-refractivity contribution in [1.82, 2.24) is 6.15 Å². The molecule has 14 heavy (non-hydrogen) atoms. The minimum atomic E-state index is -4.64. The molecular weight excluding hydrogens is 242 g/mol. The van der Waals surface area contributed by atoms with Crippen LogP contribution in [-0.4, -0.2) is 20.6 Å². The van der Waals surface area contributed by atoms with E-state index in [9.17, 15) is 0 Å². The topological polar surface area (TPSA) is 177 Å². The van der Waals surface area contributed by atoms with E-state index >= 15 is 0 Å². The second kappa shape index (κ2) is 19.3. The van der Waals surface area contributed by atoms with Crippen LogP contribution in [0.5, 0.6) is 0 Å². The quantitative estimate of drug-likeness (QED) is 0.247. The molecule has 0 aromatic rings. The molecule has 0 spiro atoms. The van der Waals surface area contributed by atoms with Crippen molar-refractivity contribution < 1.29 is 80.5 Å². The molecule has 0 heterocycles. The van der Waals surface area contributed by atoms with Gasteiger partial charge in [0.25, 0.3) is 0 Å². The van der Waals surface area contributed by atoms with Gasteiger partial charge in [-0.1, -0.05) is 0 Å². The van der Waals surface area contributed by atoms with Gasteiger partial charge in [0.05, 0.1) is 6.07 Å². The first-order valence-corrected chi connectivity index (χ1v) is 3.98. The zero-order valence-corrected chi connectivity index (χ0v) is 12.2. The van der Waals surface area contributed by atoms with Crippen LogP contribution in [0.15, 0.2) is 0 Å². The van der Waals surface area contributed by atoms with Gasteiger partial charge in [0.2, 0.25) is 0 Å². The zero-order valence-electron chi connectivity index (χ0n) is 8.17. The largest absolute Gasteiger partial charge is 1.00 e. The standard InChI is InChI=1S/C2H3N.C2H4O2.K.H3N.H3O4P/c1-2-3;1-2(3)4;;;1-5(2,3)4/h1H3;1H3,(H,3,4);;1H3;(H3,1,2,3,4)/q;;+1;;/p-1. The van der Waals surface area contributed by atoms with Gasteiger partial charge in [-0.3, -0.25) is 0 Å². The van der Waals surface area contributed by atoms with E-state index in [2.05, 4.69) is 0 Å². The molecule has 0 fully saturated rings. The molecule has 80 valence electrons. The van der Waals surface area contributed by atoms with Crippen molar-refractivity contribution in [3.05, 3.63) is 0 Å². The fourth-order valence-corrected chi connectivity index (χ4v) is 0. The number of carbonyl (C=O) groups is 1. The molecule has 0 unspecified atom stereocenters. The van der Waals surface area contributed by atoms with E-state index in [1.165, 1.54) is 6.92 Å². The number of nitriles is 1. The summed E-state index contributed by atoms with van der Waals surface area (Å²) in [5, 5.41) is 16.2. The maximum absolute atomic E-state index is 8.89. The summed E-state index contributed by atoms with van der Waals surface area (Å²) in [5.74, 6) is -1.08. The molecule has 0 aromatic heterocycles. The van der Waals surface area contributed by atoms with Gasteiger partial charge in [-0.2, -0.15) is 5.26 Å². The summed E-state index contributed by atoms with van der Waals surface area (Å²) in [5.41, 5.74) is 0. The third-order valence-electron chi connectivity index (χ3n) is 0. The Bertz CT molecular complexity index is 186. The van der Waals surface area contributed by atoms with Gasteiger partial charge in [0, 0.05) is 12.9 Å². The van der Waals surface area contributed by atoms with Gasteiger partial charge in [-0.15, -0.1) is 0 Å². The van der Waals surface area contributed by atoms with Crippen molar-refractivity contribution in [2.75, 3.05) is 0 Å². The average Bonchev–Trinajstić information content (AvgIpc) is 1.56. The molecule has 0 rings (SSSR count). The molecule has 0 amide bonds. The van der Waals surface area contributed by atoms with Crippen molar-refractivity contribution in [2.45, 2.75) is 13.8 Å². The molecule has 0 atom stereocenters. The van der Waals surface area contributed by atoms with Gasteiger partial charge < -0.3 is 30.7 Å². The predicted octanol–water partition coefficient (Wildman–Crippen LogP) is -4.48. The molecule has 0 bridgehead atoms. The average molecular weight is 254 g/mol. The summed E-state index contributed by atoms with van der Waals surface area (Å²) >= 11 is 0. The van der Waals surface area contributed by atoms with E-state index in [-0.39, 0.29) is 57.5 Å². The third-order valence-corrected chi connectivity index (χ3v) is 0. The van der Waals surface area contributed by atoms with Crippen LogP contribution in [0.3, 0.4) is 0 Å². The van der Waals surface area contributed by atoms with Crippen LogP contribution in [0.25, 0.3) is 0 Å². The van der Waals surface area contributed by atoms with Gasteiger partial charge in [-0.05, 0) is 6.92 Å². The minimum absolute atomic E-state index is 0. The van der Waals surface area contributed by atoms with Crippen LogP contribution in [0.4, 0.5) is 0 Å². The van der Waals surface area contributed by atoms with Crippen molar-refractivity contribution in [3.8, 4) is 6.07 Å². The van der Waals surface area contributed by atoms with E-state index in [1.54, 1.807) is 6.07 Å². The summed E-state index contributed by atoms with van der Waals surface area (Å²) in [6, 6.07) is 1.75. The Kier molecular flexibility index (Phi) is 40.4. The minimum Gasteiger partial charge on any atom is -0.550 e. The van der Waals surface area contributed by atoms with E-state index in [1.807, 2.05) is 0 Å². The van der Waals surface area contributed by atoms with Gasteiger partial charge in [0.15, 0.2) is 0 Å². The zero-order chi connectivity index (χ0) is 10.8. The number of hydrogen-bond donors (Lipinski definition) is 4. The number of phosphoric acid groups is 1. The Labute approximate surface area is 124 Å².